The SMILES string of the molecule is Cc1cccc(NC(=O)CN2CCN(c3ccc(C(=O)O)cc3NC(=O)c3ccccc3C)CC2)c1. The van der Waals surface area contributed by atoms with Crippen LogP contribution in [0.5, 0.6) is 0 Å². The van der Waals surface area contributed by atoms with Crippen molar-refractivity contribution < 1.29 is 19.5 Å². The monoisotopic (exact) mass is 486 g/mol. The summed E-state index contributed by atoms with van der Waals surface area (Å²) in [5.41, 5.74) is 4.55. The molecule has 8 heteroatoms. The molecule has 3 N–H and O–H groups in total. The maximum Gasteiger partial charge on any atom is 0.335 e. The summed E-state index contributed by atoms with van der Waals surface area (Å²) in [5.74, 6) is -1.41. The number of amides is 2. The van der Waals surface area contributed by atoms with Crippen molar-refractivity contribution in [2.24, 2.45) is 0 Å². The lowest BCUT2D eigenvalue weighted by atomic mass is 10.1. The van der Waals surface area contributed by atoms with Crippen LogP contribution in [0, 0.1) is 13.8 Å². The minimum atomic E-state index is -1.06. The van der Waals surface area contributed by atoms with Gasteiger partial charge in [-0.05, 0) is 61.4 Å². The van der Waals surface area contributed by atoms with E-state index < -0.39 is 5.97 Å². The fourth-order valence-corrected chi connectivity index (χ4v) is 4.34. The highest BCUT2D eigenvalue weighted by Gasteiger charge is 2.23. The number of hydrogen-bond acceptors (Lipinski definition) is 5. The molecule has 3 aromatic rings. The maximum atomic E-state index is 13.0. The van der Waals surface area contributed by atoms with Crippen LogP contribution in [0.2, 0.25) is 0 Å². The van der Waals surface area contributed by atoms with Crippen LogP contribution in [0.3, 0.4) is 0 Å². The van der Waals surface area contributed by atoms with Crippen LogP contribution in [-0.2, 0) is 4.79 Å². The molecule has 0 bridgehead atoms. The lowest BCUT2D eigenvalue weighted by molar-refractivity contribution is -0.117. The van der Waals surface area contributed by atoms with Crippen LogP contribution in [0.15, 0.2) is 66.7 Å². The summed E-state index contributed by atoms with van der Waals surface area (Å²) >= 11 is 0. The second kappa shape index (κ2) is 11.0. The van der Waals surface area contributed by atoms with E-state index in [4.69, 9.17) is 0 Å². The minimum Gasteiger partial charge on any atom is -0.478 e. The zero-order valence-electron chi connectivity index (χ0n) is 20.5. The molecule has 0 radical (unpaired) electrons. The fourth-order valence-electron chi connectivity index (χ4n) is 4.34. The average Bonchev–Trinajstić information content (AvgIpc) is 2.84. The van der Waals surface area contributed by atoms with Gasteiger partial charge < -0.3 is 20.6 Å². The maximum absolute atomic E-state index is 13.0. The number of aryl methyl sites for hydroxylation is 2. The summed E-state index contributed by atoms with van der Waals surface area (Å²) in [6.07, 6.45) is 0. The zero-order valence-corrected chi connectivity index (χ0v) is 20.5. The van der Waals surface area contributed by atoms with E-state index in [0.29, 0.717) is 37.4 Å². The third kappa shape index (κ3) is 6.09. The fraction of sp³-hybridized carbons (Fsp3) is 0.250. The Morgan fingerprint density at radius 1 is 0.861 bits per heavy atom. The number of rotatable bonds is 7. The van der Waals surface area contributed by atoms with Gasteiger partial charge in [-0.3, -0.25) is 14.5 Å². The second-order valence-corrected chi connectivity index (χ2v) is 8.99. The Bertz CT molecular complexity index is 1280. The standard InChI is InChI=1S/C28H30N4O4/c1-19-6-5-8-22(16-19)29-26(33)18-31-12-14-32(15-13-31)25-11-10-21(28(35)36)17-24(25)30-27(34)23-9-4-3-7-20(23)2/h3-11,16-17H,12-15,18H2,1-2H3,(H,29,33)(H,30,34)(H,35,36). The largest absolute Gasteiger partial charge is 0.478 e. The third-order valence-electron chi connectivity index (χ3n) is 6.26. The van der Waals surface area contributed by atoms with Gasteiger partial charge in [0.1, 0.15) is 0 Å². The number of piperazine rings is 1. The van der Waals surface area contributed by atoms with Crippen molar-refractivity contribution in [2.75, 3.05) is 48.3 Å². The van der Waals surface area contributed by atoms with Gasteiger partial charge in [-0.2, -0.15) is 0 Å². The number of aromatic carboxylic acids is 1. The van der Waals surface area contributed by atoms with Crippen molar-refractivity contribution in [2.45, 2.75) is 13.8 Å². The van der Waals surface area contributed by atoms with Crippen molar-refractivity contribution in [1.29, 1.82) is 0 Å². The van der Waals surface area contributed by atoms with Crippen molar-refractivity contribution in [3.63, 3.8) is 0 Å². The second-order valence-electron chi connectivity index (χ2n) is 8.99. The number of carbonyl (C=O) groups excluding carboxylic acids is 2. The number of nitrogens with one attached hydrogen (secondary N) is 2. The first-order chi connectivity index (χ1) is 17.3. The number of carboxylic acid groups (broad SMARTS) is 1. The van der Waals surface area contributed by atoms with E-state index in [1.165, 1.54) is 6.07 Å². The summed E-state index contributed by atoms with van der Waals surface area (Å²) in [4.78, 5) is 41.2. The smallest absolute Gasteiger partial charge is 0.335 e. The van der Waals surface area contributed by atoms with Crippen molar-refractivity contribution in [3.8, 4) is 0 Å². The van der Waals surface area contributed by atoms with Crippen molar-refractivity contribution in [1.82, 2.24) is 4.90 Å². The lowest BCUT2D eigenvalue weighted by Gasteiger charge is -2.36. The topological polar surface area (TPSA) is 102 Å². The Labute approximate surface area is 210 Å². The summed E-state index contributed by atoms with van der Waals surface area (Å²) in [6, 6.07) is 19.7. The van der Waals surface area contributed by atoms with Gasteiger partial charge in [0.2, 0.25) is 5.91 Å². The van der Waals surface area contributed by atoms with Gasteiger partial charge in [-0.1, -0.05) is 30.3 Å². The third-order valence-corrected chi connectivity index (χ3v) is 6.26. The number of benzene rings is 3. The number of anilines is 3. The molecule has 0 atom stereocenters. The molecule has 0 unspecified atom stereocenters. The van der Waals surface area contributed by atoms with E-state index in [1.54, 1.807) is 24.3 Å². The van der Waals surface area contributed by atoms with E-state index in [2.05, 4.69) is 20.4 Å². The Morgan fingerprint density at radius 2 is 1.61 bits per heavy atom. The number of carbonyl (C=O) groups is 3. The molecule has 186 valence electrons. The summed E-state index contributed by atoms with van der Waals surface area (Å²) in [5, 5.41) is 15.3. The first-order valence-electron chi connectivity index (χ1n) is 11.9. The summed E-state index contributed by atoms with van der Waals surface area (Å²) < 4.78 is 0. The van der Waals surface area contributed by atoms with Crippen LogP contribution in [-0.4, -0.2) is 60.5 Å². The van der Waals surface area contributed by atoms with Crippen LogP contribution < -0.4 is 15.5 Å². The van der Waals surface area contributed by atoms with Gasteiger partial charge in [0.15, 0.2) is 0 Å². The first-order valence-corrected chi connectivity index (χ1v) is 11.9. The highest BCUT2D eigenvalue weighted by atomic mass is 16.4. The van der Waals surface area contributed by atoms with E-state index >= 15 is 0 Å². The van der Waals surface area contributed by atoms with Gasteiger partial charge in [0.25, 0.3) is 5.91 Å². The molecule has 1 heterocycles. The molecular weight excluding hydrogens is 456 g/mol. The molecular formula is C28H30N4O4. The number of nitrogens with zero attached hydrogens (tertiary/aromatic N) is 2. The van der Waals surface area contributed by atoms with E-state index in [1.807, 2.05) is 50.2 Å². The first kappa shape index (κ1) is 24.9. The molecule has 0 saturated carbocycles. The zero-order chi connectivity index (χ0) is 25.7. The summed E-state index contributed by atoms with van der Waals surface area (Å²) in [7, 11) is 0. The number of carboxylic acids is 1. The highest BCUT2D eigenvalue weighted by Crippen LogP contribution is 2.29. The van der Waals surface area contributed by atoms with Gasteiger partial charge in [-0.25, -0.2) is 4.79 Å². The number of hydrogen-bond donors (Lipinski definition) is 3. The molecule has 1 aliphatic heterocycles. The molecule has 2 amide bonds. The molecule has 8 nitrogen and oxygen atoms in total. The Balaban J connectivity index is 1.43. The van der Waals surface area contributed by atoms with Crippen LogP contribution >= 0.6 is 0 Å². The van der Waals surface area contributed by atoms with Crippen LogP contribution in [0.4, 0.5) is 17.1 Å². The van der Waals surface area contributed by atoms with Crippen molar-refractivity contribution in [3.05, 3.63) is 89.0 Å². The molecule has 0 aliphatic carbocycles. The van der Waals surface area contributed by atoms with Crippen LogP contribution in [0.25, 0.3) is 0 Å². The Morgan fingerprint density at radius 3 is 2.31 bits per heavy atom. The highest BCUT2D eigenvalue weighted by molar-refractivity contribution is 6.07. The van der Waals surface area contributed by atoms with Crippen molar-refractivity contribution >= 4 is 34.8 Å². The van der Waals surface area contributed by atoms with Gasteiger partial charge in [-0.15, -0.1) is 0 Å². The Hall–Kier alpha value is -4.17. The lowest BCUT2D eigenvalue weighted by Crippen LogP contribution is -2.48. The predicted octanol–water partition coefficient (Wildman–Crippen LogP) is 4.01. The van der Waals surface area contributed by atoms with Crippen LogP contribution in [0.1, 0.15) is 31.8 Å². The van der Waals surface area contributed by atoms with Gasteiger partial charge in [0.05, 0.1) is 23.5 Å². The molecule has 1 saturated heterocycles. The molecule has 0 spiro atoms. The molecule has 0 aromatic heterocycles. The van der Waals surface area contributed by atoms with Gasteiger partial charge in [0, 0.05) is 37.4 Å². The Kier molecular flexibility index (Phi) is 7.65. The average molecular weight is 487 g/mol. The van der Waals surface area contributed by atoms with E-state index in [-0.39, 0.29) is 23.9 Å². The minimum absolute atomic E-state index is 0.0638. The quantitative estimate of drug-likeness (QED) is 0.466. The molecule has 36 heavy (non-hydrogen) atoms. The molecule has 4 rings (SSSR count). The molecule has 1 aliphatic rings. The van der Waals surface area contributed by atoms with Gasteiger partial charge >= 0.3 is 5.97 Å². The molecule has 1 fully saturated rings. The van der Waals surface area contributed by atoms with E-state index in [9.17, 15) is 19.5 Å². The predicted molar refractivity (Wildman–Crippen MR) is 141 cm³/mol. The normalized spacial score (nSPS) is 13.8. The summed E-state index contributed by atoms with van der Waals surface area (Å²) in [6.45, 7) is 6.72. The molecule has 3 aromatic carbocycles. The van der Waals surface area contributed by atoms with E-state index in [0.717, 1.165) is 22.5 Å².